The molecule has 7 heteroatoms. The zero-order valence-electron chi connectivity index (χ0n) is 13.5. The molecule has 2 rings (SSSR count). The van der Waals surface area contributed by atoms with Gasteiger partial charge in [0.05, 0.1) is 23.4 Å². The molecule has 0 aromatic heterocycles. The number of halogens is 2. The van der Waals surface area contributed by atoms with Gasteiger partial charge in [-0.1, -0.05) is 24.6 Å². The first-order chi connectivity index (χ1) is 10.8. The normalized spacial score (nSPS) is 18.8. The molecular weight excluding hydrogens is 351 g/mol. The molecular formula is C17H22Cl2N2O3. The summed E-state index contributed by atoms with van der Waals surface area (Å²) < 4.78 is 5.36. The van der Waals surface area contributed by atoms with Crippen LogP contribution in [0.5, 0.6) is 0 Å². The molecule has 0 saturated carbocycles. The van der Waals surface area contributed by atoms with Crippen LogP contribution >= 0.6 is 24.0 Å². The van der Waals surface area contributed by atoms with Crippen molar-refractivity contribution in [2.75, 3.05) is 13.2 Å². The maximum atomic E-state index is 11.2. The number of carboxylic acids is 1. The third kappa shape index (κ3) is 4.20. The molecule has 0 aliphatic carbocycles. The minimum Gasteiger partial charge on any atom is -0.481 e. The summed E-state index contributed by atoms with van der Waals surface area (Å²) >= 11 is 6.24. The van der Waals surface area contributed by atoms with Crippen LogP contribution in [0.25, 0.3) is 0 Å². The molecule has 0 amide bonds. The lowest BCUT2D eigenvalue weighted by Gasteiger charge is -2.33. The Morgan fingerprint density at radius 3 is 2.58 bits per heavy atom. The molecule has 24 heavy (non-hydrogen) atoms. The molecule has 1 saturated heterocycles. The molecule has 1 aliphatic heterocycles. The lowest BCUT2D eigenvalue weighted by atomic mass is 9.73. The Bertz CT molecular complexity index is 639. The Hall–Kier alpha value is -1.32. The van der Waals surface area contributed by atoms with E-state index in [0.29, 0.717) is 43.1 Å². The van der Waals surface area contributed by atoms with Crippen molar-refractivity contribution >= 4 is 30.0 Å². The number of hydrogen-bond donors (Lipinski definition) is 2. The first-order valence-electron chi connectivity index (χ1n) is 7.66. The minimum absolute atomic E-state index is 0. The van der Waals surface area contributed by atoms with E-state index in [1.54, 1.807) is 12.1 Å². The molecule has 1 atom stereocenters. The Balaban J connectivity index is 0.00000288. The molecule has 0 radical (unpaired) electrons. The fourth-order valence-corrected chi connectivity index (χ4v) is 3.27. The molecule has 0 spiro atoms. The molecule has 5 nitrogen and oxygen atoms in total. The first-order valence-corrected chi connectivity index (χ1v) is 8.04. The summed E-state index contributed by atoms with van der Waals surface area (Å²) in [4.78, 5) is 11.2. The average Bonchev–Trinajstić information content (AvgIpc) is 2.54. The Morgan fingerprint density at radius 2 is 2.08 bits per heavy atom. The van der Waals surface area contributed by atoms with Gasteiger partial charge in [-0.3, -0.25) is 4.79 Å². The number of rotatable bonds is 5. The Labute approximate surface area is 153 Å². The van der Waals surface area contributed by atoms with E-state index >= 15 is 0 Å². The summed E-state index contributed by atoms with van der Waals surface area (Å²) in [7, 11) is 0. The van der Waals surface area contributed by atoms with Crippen molar-refractivity contribution in [2.45, 2.75) is 43.6 Å². The molecule has 1 heterocycles. The largest absolute Gasteiger partial charge is 0.481 e. The second-order valence-electron chi connectivity index (χ2n) is 6.12. The first kappa shape index (κ1) is 20.7. The van der Waals surface area contributed by atoms with Crippen molar-refractivity contribution in [1.29, 1.82) is 5.26 Å². The van der Waals surface area contributed by atoms with Crippen LogP contribution in [0, 0.1) is 11.3 Å². The Morgan fingerprint density at radius 1 is 1.46 bits per heavy atom. The van der Waals surface area contributed by atoms with Crippen molar-refractivity contribution in [3.05, 3.63) is 34.3 Å². The second-order valence-corrected chi connectivity index (χ2v) is 6.55. The van der Waals surface area contributed by atoms with Gasteiger partial charge >= 0.3 is 5.97 Å². The molecule has 0 bridgehead atoms. The number of benzene rings is 1. The molecule has 1 aromatic carbocycles. The number of aliphatic carboxylic acids is 1. The predicted molar refractivity (Wildman–Crippen MR) is 94.5 cm³/mol. The van der Waals surface area contributed by atoms with E-state index in [1.807, 2.05) is 13.0 Å². The summed E-state index contributed by atoms with van der Waals surface area (Å²) in [6, 6.07) is 7.71. The average molecular weight is 373 g/mol. The smallest absolute Gasteiger partial charge is 0.305 e. The predicted octanol–water partition coefficient (Wildman–Crippen LogP) is 3.37. The monoisotopic (exact) mass is 372 g/mol. The SMILES string of the molecule is CCC(N)(CC(=O)O)c1cc(Cl)cc(C2(C#N)CCOCC2)c1.Cl. The summed E-state index contributed by atoms with van der Waals surface area (Å²) in [5.41, 5.74) is 6.11. The fourth-order valence-electron chi connectivity index (χ4n) is 3.04. The second kappa shape index (κ2) is 8.17. The highest BCUT2D eigenvalue weighted by molar-refractivity contribution is 6.30. The zero-order chi connectivity index (χ0) is 17.1. The minimum atomic E-state index is -1.01. The van der Waals surface area contributed by atoms with E-state index in [1.165, 1.54) is 0 Å². The quantitative estimate of drug-likeness (QED) is 0.825. The van der Waals surface area contributed by atoms with Crippen LogP contribution in [0.3, 0.4) is 0 Å². The van der Waals surface area contributed by atoms with Crippen molar-refractivity contribution in [3.8, 4) is 6.07 Å². The van der Waals surface area contributed by atoms with Crippen LogP contribution in [0.4, 0.5) is 0 Å². The highest BCUT2D eigenvalue weighted by atomic mass is 35.5. The van der Waals surface area contributed by atoms with Crippen LogP contribution in [-0.4, -0.2) is 24.3 Å². The van der Waals surface area contributed by atoms with Crippen LogP contribution in [0.15, 0.2) is 18.2 Å². The summed E-state index contributed by atoms with van der Waals surface area (Å²) in [5, 5.41) is 19.3. The maximum Gasteiger partial charge on any atom is 0.305 e. The van der Waals surface area contributed by atoms with Crippen molar-refractivity contribution in [1.82, 2.24) is 0 Å². The van der Waals surface area contributed by atoms with Crippen molar-refractivity contribution < 1.29 is 14.6 Å². The molecule has 1 fully saturated rings. The molecule has 1 aliphatic rings. The number of ether oxygens (including phenoxy) is 1. The van der Waals surface area contributed by atoms with Crippen LogP contribution in [0.2, 0.25) is 5.02 Å². The van der Waals surface area contributed by atoms with E-state index in [4.69, 9.17) is 27.2 Å². The molecule has 132 valence electrons. The van der Waals surface area contributed by atoms with Crippen molar-refractivity contribution in [3.63, 3.8) is 0 Å². The van der Waals surface area contributed by atoms with Crippen molar-refractivity contribution in [2.24, 2.45) is 5.73 Å². The van der Waals surface area contributed by atoms with Gasteiger partial charge in [0, 0.05) is 18.2 Å². The molecule has 3 N–H and O–H groups in total. The van der Waals surface area contributed by atoms with Gasteiger partial charge in [-0.15, -0.1) is 12.4 Å². The fraction of sp³-hybridized carbons (Fsp3) is 0.529. The van der Waals surface area contributed by atoms with Gasteiger partial charge in [0.2, 0.25) is 0 Å². The van der Waals surface area contributed by atoms with Crippen LogP contribution in [-0.2, 0) is 20.5 Å². The van der Waals surface area contributed by atoms with Gasteiger partial charge < -0.3 is 15.6 Å². The molecule has 1 aromatic rings. The number of nitrogens with zero attached hydrogens (tertiary/aromatic N) is 1. The number of hydrogen-bond acceptors (Lipinski definition) is 4. The van der Waals surface area contributed by atoms with Gasteiger partial charge in [0.1, 0.15) is 0 Å². The third-order valence-corrected chi connectivity index (χ3v) is 4.90. The van der Waals surface area contributed by atoms with Crippen LogP contribution < -0.4 is 5.73 Å². The number of nitriles is 1. The molecule has 1 unspecified atom stereocenters. The highest BCUT2D eigenvalue weighted by Crippen LogP contribution is 2.38. The van der Waals surface area contributed by atoms with E-state index in [9.17, 15) is 10.1 Å². The van der Waals surface area contributed by atoms with E-state index in [-0.39, 0.29) is 18.8 Å². The third-order valence-electron chi connectivity index (χ3n) is 4.68. The Kier molecular flexibility index (Phi) is 7.06. The topological polar surface area (TPSA) is 96.3 Å². The maximum absolute atomic E-state index is 11.2. The number of carboxylic acid groups (broad SMARTS) is 1. The summed E-state index contributed by atoms with van der Waals surface area (Å²) in [5.74, 6) is -0.961. The van der Waals surface area contributed by atoms with Crippen LogP contribution in [0.1, 0.15) is 43.7 Å². The van der Waals surface area contributed by atoms with Gasteiger partial charge in [-0.05, 0) is 42.5 Å². The summed E-state index contributed by atoms with van der Waals surface area (Å²) in [6.45, 7) is 2.89. The van der Waals surface area contributed by atoms with Gasteiger partial charge in [-0.25, -0.2) is 0 Å². The van der Waals surface area contributed by atoms with E-state index in [0.717, 1.165) is 5.56 Å². The van der Waals surface area contributed by atoms with E-state index < -0.39 is 16.9 Å². The summed E-state index contributed by atoms with van der Waals surface area (Å²) in [6.07, 6.45) is 1.45. The lowest BCUT2D eigenvalue weighted by Crippen LogP contribution is -2.39. The van der Waals surface area contributed by atoms with Gasteiger partial charge in [0.15, 0.2) is 0 Å². The lowest BCUT2D eigenvalue weighted by molar-refractivity contribution is -0.138. The zero-order valence-corrected chi connectivity index (χ0v) is 15.1. The van der Waals surface area contributed by atoms with Gasteiger partial charge in [0.25, 0.3) is 0 Å². The van der Waals surface area contributed by atoms with E-state index in [2.05, 4.69) is 6.07 Å². The highest BCUT2D eigenvalue weighted by Gasteiger charge is 2.37. The van der Waals surface area contributed by atoms with Gasteiger partial charge in [-0.2, -0.15) is 5.26 Å². The standard InChI is InChI=1S/C17H21ClN2O3.ClH/c1-2-17(20,10-15(21)22)13-7-12(8-14(18)9-13)16(11-19)3-5-23-6-4-16;/h7-9H,2-6,10,20H2,1H3,(H,21,22);1H. The number of carbonyl (C=O) groups is 1. The number of nitrogens with two attached hydrogens (primary N) is 1.